The number of ether oxygens (including phenoxy) is 1. The van der Waals surface area contributed by atoms with E-state index in [4.69, 9.17) is 9.84 Å². The van der Waals surface area contributed by atoms with E-state index < -0.39 is 34.6 Å². The van der Waals surface area contributed by atoms with E-state index in [0.717, 1.165) is 12.8 Å². The van der Waals surface area contributed by atoms with Gasteiger partial charge in [0.05, 0.1) is 17.4 Å². The Morgan fingerprint density at radius 2 is 1.79 bits per heavy atom. The predicted molar refractivity (Wildman–Crippen MR) is 130 cm³/mol. The Labute approximate surface area is 204 Å². The number of aliphatic hydroxyl groups excluding tert-OH is 1. The Bertz CT molecular complexity index is 807. The van der Waals surface area contributed by atoms with Crippen LogP contribution in [-0.2, 0) is 19.1 Å². The average Bonchev–Trinajstić information content (AvgIpc) is 3.32. The molecular formula is C26H45N3O5. The molecule has 0 radical (unpaired) electrons. The summed E-state index contributed by atoms with van der Waals surface area (Å²) >= 11 is 0. The van der Waals surface area contributed by atoms with Gasteiger partial charge in [-0.15, -0.1) is 0 Å². The molecule has 34 heavy (non-hydrogen) atoms. The van der Waals surface area contributed by atoms with Crippen LogP contribution in [0, 0.1) is 17.3 Å². The molecule has 1 spiro atoms. The summed E-state index contributed by atoms with van der Waals surface area (Å²) < 4.78 is 6.71. The van der Waals surface area contributed by atoms with Gasteiger partial charge in [-0.1, -0.05) is 27.7 Å². The fourth-order valence-corrected chi connectivity index (χ4v) is 7.16. The predicted octanol–water partition coefficient (Wildman–Crippen LogP) is 2.38. The first kappa shape index (κ1) is 26.9. The zero-order valence-electron chi connectivity index (χ0n) is 22.1. The maximum Gasteiger partial charge on any atom is 0.246 e. The highest BCUT2D eigenvalue weighted by Crippen LogP contribution is 2.64. The van der Waals surface area contributed by atoms with Crippen LogP contribution in [0.25, 0.3) is 0 Å². The SMILES string of the molecule is CC[C@@]12CCC3(O1)C(C(=O)NC(C)(C)CC(C)(C)C)N(CCCCCO)C(=O)[C@@H]3[C@@H]2C(=O)NC. The molecule has 8 nitrogen and oxygen atoms in total. The van der Waals surface area contributed by atoms with Crippen molar-refractivity contribution >= 4 is 17.7 Å². The third-order valence-electron chi connectivity index (χ3n) is 7.95. The van der Waals surface area contributed by atoms with Crippen molar-refractivity contribution in [2.75, 3.05) is 20.2 Å². The molecule has 3 fully saturated rings. The van der Waals surface area contributed by atoms with Crippen LogP contribution < -0.4 is 10.6 Å². The zero-order valence-corrected chi connectivity index (χ0v) is 22.1. The molecule has 3 rings (SSSR count). The minimum atomic E-state index is -0.983. The number of unbranched alkanes of at least 4 members (excludes halogenated alkanes) is 2. The molecule has 3 saturated heterocycles. The van der Waals surface area contributed by atoms with E-state index in [1.165, 1.54) is 0 Å². The van der Waals surface area contributed by atoms with Crippen molar-refractivity contribution in [3.8, 4) is 0 Å². The summed E-state index contributed by atoms with van der Waals surface area (Å²) in [6.07, 6.45) is 4.77. The van der Waals surface area contributed by atoms with Crippen LogP contribution in [0.15, 0.2) is 0 Å². The number of fused-ring (bicyclic) bond motifs is 1. The standard InChI is InChI=1S/C26H45N3O5/c1-8-25-12-13-26(34-25)18(17(25)20(31)27-7)22(33)29(14-10-9-11-15-30)19(26)21(32)28-24(5,6)16-23(2,3)4/h17-19,30H,8-16H2,1-7H3,(H,27,31)(H,28,32)/t17-,18+,19?,25+,26?/m1/s1. The van der Waals surface area contributed by atoms with Crippen LogP contribution in [-0.4, -0.2) is 70.7 Å². The van der Waals surface area contributed by atoms with Crippen LogP contribution >= 0.6 is 0 Å². The van der Waals surface area contributed by atoms with E-state index in [9.17, 15) is 14.4 Å². The average molecular weight is 480 g/mol. The number of amides is 3. The lowest BCUT2D eigenvalue weighted by molar-refractivity contribution is -0.148. The molecule has 2 unspecified atom stereocenters. The lowest BCUT2D eigenvalue weighted by Gasteiger charge is -2.38. The van der Waals surface area contributed by atoms with Gasteiger partial charge in [0, 0.05) is 25.7 Å². The monoisotopic (exact) mass is 479 g/mol. The molecule has 194 valence electrons. The Morgan fingerprint density at radius 3 is 2.35 bits per heavy atom. The normalized spacial score (nSPS) is 32.8. The summed E-state index contributed by atoms with van der Waals surface area (Å²) in [7, 11) is 1.59. The number of carbonyl (C=O) groups excluding carboxylic acids is 3. The molecule has 8 heteroatoms. The van der Waals surface area contributed by atoms with Gasteiger partial charge in [-0.05, 0) is 64.2 Å². The molecular weight excluding hydrogens is 434 g/mol. The lowest BCUT2D eigenvalue weighted by atomic mass is 9.65. The number of nitrogens with one attached hydrogen (secondary N) is 2. The summed E-state index contributed by atoms with van der Waals surface area (Å²) in [5.74, 6) is -1.78. The molecule has 0 aliphatic carbocycles. The molecule has 3 aliphatic heterocycles. The van der Waals surface area contributed by atoms with E-state index in [0.29, 0.717) is 38.6 Å². The van der Waals surface area contributed by atoms with Crippen molar-refractivity contribution in [3.63, 3.8) is 0 Å². The third-order valence-corrected chi connectivity index (χ3v) is 7.95. The van der Waals surface area contributed by atoms with Gasteiger partial charge in [0.2, 0.25) is 17.7 Å². The number of likely N-dealkylation sites (tertiary alicyclic amines) is 1. The fourth-order valence-electron chi connectivity index (χ4n) is 7.16. The summed E-state index contributed by atoms with van der Waals surface area (Å²) in [5.41, 5.74) is -2.13. The van der Waals surface area contributed by atoms with Crippen LogP contribution in [0.2, 0.25) is 0 Å². The lowest BCUT2D eigenvalue weighted by Crippen LogP contribution is -2.59. The van der Waals surface area contributed by atoms with Gasteiger partial charge in [-0.25, -0.2) is 0 Å². The Kier molecular flexibility index (Phi) is 7.46. The molecule has 3 aliphatic rings. The quantitative estimate of drug-likeness (QED) is 0.417. The summed E-state index contributed by atoms with van der Waals surface area (Å²) in [4.78, 5) is 42.5. The van der Waals surface area contributed by atoms with Crippen molar-refractivity contribution in [1.82, 2.24) is 15.5 Å². The van der Waals surface area contributed by atoms with Gasteiger partial charge < -0.3 is 25.4 Å². The Hall–Kier alpha value is -1.67. The molecule has 2 bridgehead atoms. The van der Waals surface area contributed by atoms with Crippen LogP contribution in [0.1, 0.15) is 86.5 Å². The number of hydrogen-bond donors (Lipinski definition) is 3. The number of aliphatic hydroxyl groups is 1. The first-order valence-corrected chi connectivity index (χ1v) is 12.9. The molecule has 0 aromatic rings. The smallest absolute Gasteiger partial charge is 0.246 e. The molecule has 5 atom stereocenters. The largest absolute Gasteiger partial charge is 0.396 e. The van der Waals surface area contributed by atoms with Crippen LogP contribution in [0.3, 0.4) is 0 Å². The number of hydrogen-bond acceptors (Lipinski definition) is 5. The van der Waals surface area contributed by atoms with Gasteiger partial charge in [0.15, 0.2) is 0 Å². The minimum absolute atomic E-state index is 0.0198. The van der Waals surface area contributed by atoms with E-state index >= 15 is 0 Å². The second-order valence-electron chi connectivity index (χ2n) is 12.4. The molecule has 3 amide bonds. The third kappa shape index (κ3) is 4.60. The van der Waals surface area contributed by atoms with Crippen molar-refractivity contribution in [2.45, 2.75) is 109 Å². The number of nitrogens with zero attached hydrogens (tertiary/aromatic N) is 1. The first-order chi connectivity index (χ1) is 15.8. The topological polar surface area (TPSA) is 108 Å². The number of rotatable bonds is 10. The zero-order chi connectivity index (χ0) is 25.5. The molecule has 3 N–H and O–H groups in total. The maximum absolute atomic E-state index is 13.9. The highest BCUT2D eigenvalue weighted by Gasteiger charge is 2.78. The van der Waals surface area contributed by atoms with E-state index in [2.05, 4.69) is 31.4 Å². The van der Waals surface area contributed by atoms with E-state index in [-0.39, 0.29) is 29.7 Å². The van der Waals surface area contributed by atoms with Gasteiger partial charge in [0.1, 0.15) is 11.6 Å². The Morgan fingerprint density at radius 1 is 1.12 bits per heavy atom. The van der Waals surface area contributed by atoms with Crippen LogP contribution in [0.5, 0.6) is 0 Å². The van der Waals surface area contributed by atoms with Gasteiger partial charge >= 0.3 is 0 Å². The van der Waals surface area contributed by atoms with E-state index in [1.807, 2.05) is 20.8 Å². The highest BCUT2D eigenvalue weighted by atomic mass is 16.5. The molecule has 0 aromatic carbocycles. The van der Waals surface area contributed by atoms with Crippen molar-refractivity contribution in [3.05, 3.63) is 0 Å². The minimum Gasteiger partial charge on any atom is -0.396 e. The van der Waals surface area contributed by atoms with Crippen LogP contribution in [0.4, 0.5) is 0 Å². The van der Waals surface area contributed by atoms with Crippen molar-refractivity contribution < 1.29 is 24.2 Å². The van der Waals surface area contributed by atoms with Gasteiger partial charge in [0.25, 0.3) is 0 Å². The van der Waals surface area contributed by atoms with E-state index in [1.54, 1.807) is 11.9 Å². The molecule has 3 heterocycles. The molecule has 0 saturated carbocycles. The fraction of sp³-hybridized carbons (Fsp3) is 0.885. The number of carbonyl (C=O) groups is 3. The second kappa shape index (κ2) is 9.41. The summed E-state index contributed by atoms with van der Waals surface area (Å²) in [6, 6.07) is -0.763. The summed E-state index contributed by atoms with van der Waals surface area (Å²) in [5, 5.41) is 15.1. The highest BCUT2D eigenvalue weighted by molar-refractivity contribution is 5.99. The second-order valence-corrected chi connectivity index (χ2v) is 12.4. The summed E-state index contributed by atoms with van der Waals surface area (Å²) in [6.45, 7) is 13.0. The van der Waals surface area contributed by atoms with Gasteiger partial charge in [-0.2, -0.15) is 0 Å². The van der Waals surface area contributed by atoms with Crippen molar-refractivity contribution in [2.24, 2.45) is 17.3 Å². The van der Waals surface area contributed by atoms with Crippen molar-refractivity contribution in [1.29, 1.82) is 0 Å². The van der Waals surface area contributed by atoms with Gasteiger partial charge in [-0.3, -0.25) is 14.4 Å². The maximum atomic E-state index is 13.9. The molecule has 0 aromatic heterocycles. The Balaban J connectivity index is 1.98. The first-order valence-electron chi connectivity index (χ1n) is 12.9.